The van der Waals surface area contributed by atoms with Crippen LogP contribution in [0.4, 0.5) is 0 Å². The second-order valence-corrected chi connectivity index (χ2v) is 3.67. The molecule has 0 atom stereocenters. The second kappa shape index (κ2) is 5.82. The van der Waals surface area contributed by atoms with Crippen LogP contribution in [0.1, 0.15) is 17.0 Å². The van der Waals surface area contributed by atoms with Crippen LogP contribution in [0.3, 0.4) is 0 Å². The van der Waals surface area contributed by atoms with E-state index in [0.717, 1.165) is 13.0 Å². The van der Waals surface area contributed by atoms with Crippen molar-refractivity contribution < 1.29 is 9.21 Å². The summed E-state index contributed by atoms with van der Waals surface area (Å²) in [6.45, 7) is 1.53. The van der Waals surface area contributed by atoms with Crippen LogP contribution >= 0.6 is 15.9 Å². The van der Waals surface area contributed by atoms with Crippen molar-refractivity contribution in [3.05, 3.63) is 22.6 Å². The molecule has 1 heterocycles. The number of hydrogen-bond acceptors (Lipinski definition) is 3. The first-order chi connectivity index (χ1) is 6.75. The van der Waals surface area contributed by atoms with Crippen molar-refractivity contribution in [2.75, 3.05) is 20.1 Å². The van der Waals surface area contributed by atoms with E-state index in [1.807, 2.05) is 7.05 Å². The normalized spacial score (nSPS) is 10.1. The minimum absolute atomic E-state index is 0.182. The molecule has 1 aromatic heterocycles. The van der Waals surface area contributed by atoms with E-state index < -0.39 is 0 Å². The Morgan fingerprint density at radius 3 is 2.93 bits per heavy atom. The maximum absolute atomic E-state index is 11.4. The van der Waals surface area contributed by atoms with Gasteiger partial charge in [0.15, 0.2) is 0 Å². The highest BCUT2D eigenvalue weighted by molar-refractivity contribution is 9.10. The lowest BCUT2D eigenvalue weighted by molar-refractivity contribution is 0.0924. The van der Waals surface area contributed by atoms with Gasteiger partial charge in [0.2, 0.25) is 5.76 Å². The second-order valence-electron chi connectivity index (χ2n) is 2.81. The van der Waals surface area contributed by atoms with E-state index in [-0.39, 0.29) is 5.91 Å². The highest BCUT2D eigenvalue weighted by Crippen LogP contribution is 2.16. The molecule has 78 valence electrons. The first-order valence-electron chi connectivity index (χ1n) is 4.41. The number of nitrogens with one attached hydrogen (secondary N) is 2. The van der Waals surface area contributed by atoms with Crippen LogP contribution in [-0.4, -0.2) is 26.0 Å². The zero-order chi connectivity index (χ0) is 10.4. The smallest absolute Gasteiger partial charge is 0.288 e. The standard InChI is InChI=1S/C9H13BrN2O2/c1-11-4-2-5-12-9(13)8-7(10)3-6-14-8/h3,6,11H,2,4-5H2,1H3,(H,12,13). The van der Waals surface area contributed by atoms with Crippen molar-refractivity contribution in [3.63, 3.8) is 0 Å². The van der Waals surface area contributed by atoms with E-state index in [1.54, 1.807) is 6.07 Å². The highest BCUT2D eigenvalue weighted by atomic mass is 79.9. The summed E-state index contributed by atoms with van der Waals surface area (Å²) in [5.74, 6) is 0.146. The van der Waals surface area contributed by atoms with Crippen LogP contribution in [0.15, 0.2) is 21.2 Å². The summed E-state index contributed by atoms with van der Waals surface area (Å²) in [5.41, 5.74) is 0. The van der Waals surface area contributed by atoms with Gasteiger partial charge in [-0.15, -0.1) is 0 Å². The molecular formula is C9H13BrN2O2. The number of hydrogen-bond donors (Lipinski definition) is 2. The van der Waals surface area contributed by atoms with Crippen molar-refractivity contribution in [3.8, 4) is 0 Å². The fraction of sp³-hybridized carbons (Fsp3) is 0.444. The summed E-state index contributed by atoms with van der Waals surface area (Å²) in [6, 6.07) is 1.70. The minimum Gasteiger partial charge on any atom is -0.458 e. The third-order valence-corrected chi connectivity index (χ3v) is 2.34. The van der Waals surface area contributed by atoms with Crippen molar-refractivity contribution in [1.29, 1.82) is 0 Å². The number of carbonyl (C=O) groups is 1. The van der Waals surface area contributed by atoms with E-state index in [0.29, 0.717) is 16.8 Å². The predicted octanol–water partition coefficient (Wildman–Crippen LogP) is 1.38. The molecule has 0 saturated carbocycles. The highest BCUT2D eigenvalue weighted by Gasteiger charge is 2.12. The molecule has 0 spiro atoms. The van der Waals surface area contributed by atoms with Gasteiger partial charge in [-0.25, -0.2) is 0 Å². The lowest BCUT2D eigenvalue weighted by Gasteiger charge is -2.02. The summed E-state index contributed by atoms with van der Waals surface area (Å²) < 4.78 is 5.69. The summed E-state index contributed by atoms with van der Waals surface area (Å²) in [7, 11) is 1.88. The minimum atomic E-state index is -0.182. The fourth-order valence-electron chi connectivity index (χ4n) is 1.00. The summed E-state index contributed by atoms with van der Waals surface area (Å²) in [5, 5.41) is 5.76. The molecule has 0 aromatic carbocycles. The summed E-state index contributed by atoms with van der Waals surface area (Å²) >= 11 is 3.22. The lowest BCUT2D eigenvalue weighted by atomic mass is 10.4. The molecule has 4 nitrogen and oxygen atoms in total. The maximum atomic E-state index is 11.4. The Hall–Kier alpha value is -0.810. The largest absolute Gasteiger partial charge is 0.458 e. The number of furan rings is 1. The Morgan fingerprint density at radius 2 is 2.36 bits per heavy atom. The maximum Gasteiger partial charge on any atom is 0.288 e. The first kappa shape index (κ1) is 11.3. The van der Waals surface area contributed by atoms with Crippen molar-refractivity contribution in [2.45, 2.75) is 6.42 Å². The molecule has 0 radical (unpaired) electrons. The van der Waals surface area contributed by atoms with Crippen LogP contribution in [-0.2, 0) is 0 Å². The van der Waals surface area contributed by atoms with Crippen LogP contribution in [0, 0.1) is 0 Å². The molecule has 1 rings (SSSR count). The van der Waals surface area contributed by atoms with Crippen LogP contribution in [0.5, 0.6) is 0 Å². The van der Waals surface area contributed by atoms with Gasteiger partial charge in [0.25, 0.3) is 5.91 Å². The van der Waals surface area contributed by atoms with Crippen molar-refractivity contribution in [1.82, 2.24) is 10.6 Å². The first-order valence-corrected chi connectivity index (χ1v) is 5.21. The van der Waals surface area contributed by atoms with Gasteiger partial charge >= 0.3 is 0 Å². The number of halogens is 1. The van der Waals surface area contributed by atoms with E-state index in [2.05, 4.69) is 26.6 Å². The third kappa shape index (κ3) is 3.16. The summed E-state index contributed by atoms with van der Waals surface area (Å²) in [6.07, 6.45) is 2.38. The SMILES string of the molecule is CNCCCNC(=O)c1occc1Br. The summed E-state index contributed by atoms with van der Waals surface area (Å²) in [4.78, 5) is 11.4. The molecule has 1 aromatic rings. The molecule has 0 saturated heterocycles. The van der Waals surface area contributed by atoms with E-state index >= 15 is 0 Å². The predicted molar refractivity (Wildman–Crippen MR) is 57.3 cm³/mol. The Labute approximate surface area is 91.2 Å². The molecule has 0 fully saturated rings. The number of carbonyl (C=O) groups excluding carboxylic acids is 1. The molecule has 0 unspecified atom stereocenters. The molecule has 0 bridgehead atoms. The third-order valence-electron chi connectivity index (χ3n) is 1.71. The van der Waals surface area contributed by atoms with Gasteiger partial charge in [-0.2, -0.15) is 0 Å². The molecule has 1 amide bonds. The van der Waals surface area contributed by atoms with Gasteiger partial charge in [0.1, 0.15) is 0 Å². The Balaban J connectivity index is 2.32. The average Bonchev–Trinajstić information content (AvgIpc) is 2.59. The van der Waals surface area contributed by atoms with E-state index in [9.17, 15) is 4.79 Å². The molecular weight excluding hydrogens is 248 g/mol. The molecule has 14 heavy (non-hydrogen) atoms. The zero-order valence-electron chi connectivity index (χ0n) is 7.97. The van der Waals surface area contributed by atoms with Gasteiger partial charge in [-0.05, 0) is 42.0 Å². The number of amides is 1. The van der Waals surface area contributed by atoms with Crippen LogP contribution < -0.4 is 10.6 Å². The Kier molecular flexibility index (Phi) is 4.69. The Bertz CT molecular complexity index is 299. The number of rotatable bonds is 5. The van der Waals surface area contributed by atoms with Gasteiger partial charge < -0.3 is 15.1 Å². The molecule has 2 N–H and O–H groups in total. The molecule has 0 aliphatic rings. The van der Waals surface area contributed by atoms with E-state index in [4.69, 9.17) is 4.42 Å². The van der Waals surface area contributed by atoms with Gasteiger partial charge in [-0.1, -0.05) is 0 Å². The van der Waals surface area contributed by atoms with Crippen LogP contribution in [0.2, 0.25) is 0 Å². The topological polar surface area (TPSA) is 54.3 Å². The van der Waals surface area contributed by atoms with Crippen LogP contribution in [0.25, 0.3) is 0 Å². The van der Waals surface area contributed by atoms with Gasteiger partial charge in [0, 0.05) is 6.54 Å². The van der Waals surface area contributed by atoms with Gasteiger partial charge in [-0.3, -0.25) is 4.79 Å². The molecule has 0 aliphatic heterocycles. The van der Waals surface area contributed by atoms with Crippen molar-refractivity contribution >= 4 is 21.8 Å². The fourth-order valence-corrected chi connectivity index (χ4v) is 1.38. The quantitative estimate of drug-likeness (QED) is 0.787. The lowest BCUT2D eigenvalue weighted by Crippen LogP contribution is -2.26. The van der Waals surface area contributed by atoms with Crippen molar-refractivity contribution in [2.24, 2.45) is 0 Å². The van der Waals surface area contributed by atoms with E-state index in [1.165, 1.54) is 6.26 Å². The molecule has 5 heteroatoms. The molecule has 0 aliphatic carbocycles. The monoisotopic (exact) mass is 260 g/mol. The average molecular weight is 261 g/mol. The van der Waals surface area contributed by atoms with Gasteiger partial charge in [0.05, 0.1) is 10.7 Å². The zero-order valence-corrected chi connectivity index (χ0v) is 9.56. The Morgan fingerprint density at radius 1 is 1.57 bits per heavy atom.